The van der Waals surface area contributed by atoms with Gasteiger partial charge in [-0.25, -0.2) is 0 Å². The molecule has 100 valence electrons. The van der Waals surface area contributed by atoms with Gasteiger partial charge < -0.3 is 5.73 Å². The molecule has 0 aliphatic heterocycles. The molecule has 2 N–H and O–H groups in total. The van der Waals surface area contributed by atoms with Gasteiger partial charge in [0.1, 0.15) is 5.78 Å². The summed E-state index contributed by atoms with van der Waals surface area (Å²) in [6.45, 7) is 6.23. The normalized spacial score (nSPS) is 13.3. The van der Waals surface area contributed by atoms with E-state index in [0.29, 0.717) is 12.8 Å². The quantitative estimate of drug-likeness (QED) is 0.837. The van der Waals surface area contributed by atoms with Gasteiger partial charge in [0, 0.05) is 18.9 Å². The van der Waals surface area contributed by atoms with E-state index in [0.717, 1.165) is 12.8 Å². The number of nitrogens with two attached hydrogens (primary N) is 1. The maximum absolute atomic E-state index is 11.8. The van der Waals surface area contributed by atoms with Gasteiger partial charge >= 0.3 is 0 Å². The predicted octanol–water partition coefficient (Wildman–Crippen LogP) is 3.34. The minimum atomic E-state index is -0.0401. The fourth-order valence-electron chi connectivity index (χ4n) is 1.79. The maximum atomic E-state index is 11.8. The molecule has 0 aromatic heterocycles. The molecule has 1 aromatic rings. The molecule has 1 aromatic carbocycles. The van der Waals surface area contributed by atoms with Crippen LogP contribution in [0.3, 0.4) is 0 Å². The summed E-state index contributed by atoms with van der Waals surface area (Å²) in [5.41, 5.74) is 7.32. The van der Waals surface area contributed by atoms with Gasteiger partial charge in [0.15, 0.2) is 0 Å². The van der Waals surface area contributed by atoms with Crippen molar-refractivity contribution in [3.63, 3.8) is 0 Å². The van der Waals surface area contributed by atoms with Crippen LogP contribution in [-0.4, -0.2) is 11.8 Å². The van der Waals surface area contributed by atoms with Gasteiger partial charge in [-0.05, 0) is 23.8 Å². The van der Waals surface area contributed by atoms with Crippen LogP contribution in [0.15, 0.2) is 30.3 Å². The molecule has 0 spiro atoms. The van der Waals surface area contributed by atoms with Crippen molar-refractivity contribution in [2.75, 3.05) is 0 Å². The zero-order valence-corrected chi connectivity index (χ0v) is 11.8. The predicted molar refractivity (Wildman–Crippen MR) is 76.4 cm³/mol. The van der Waals surface area contributed by atoms with Crippen molar-refractivity contribution in [2.45, 2.75) is 52.5 Å². The Bertz CT molecular complexity index is 364. The molecule has 1 rings (SSSR count). The summed E-state index contributed by atoms with van der Waals surface area (Å²) < 4.78 is 0. The first-order chi connectivity index (χ1) is 8.39. The minimum absolute atomic E-state index is 0.00902. The monoisotopic (exact) mass is 247 g/mol. The summed E-state index contributed by atoms with van der Waals surface area (Å²) in [4.78, 5) is 11.8. The smallest absolute Gasteiger partial charge is 0.134 e. The zero-order valence-electron chi connectivity index (χ0n) is 11.8. The molecule has 0 saturated carbocycles. The molecular weight excluding hydrogens is 222 g/mol. The van der Waals surface area contributed by atoms with Gasteiger partial charge in [-0.3, -0.25) is 4.79 Å². The van der Waals surface area contributed by atoms with Gasteiger partial charge in [0.2, 0.25) is 0 Å². The first-order valence-electron chi connectivity index (χ1n) is 6.71. The molecule has 0 radical (unpaired) electrons. The second-order valence-corrected chi connectivity index (χ2v) is 6.05. The Labute approximate surface area is 111 Å². The van der Waals surface area contributed by atoms with Crippen LogP contribution in [-0.2, 0) is 11.2 Å². The van der Waals surface area contributed by atoms with Crippen molar-refractivity contribution in [3.8, 4) is 0 Å². The van der Waals surface area contributed by atoms with Crippen LogP contribution in [0, 0.1) is 5.41 Å². The average Bonchev–Trinajstić information content (AvgIpc) is 2.29. The number of aryl methyl sites for hydroxylation is 1. The van der Waals surface area contributed by atoms with E-state index >= 15 is 0 Å². The molecule has 18 heavy (non-hydrogen) atoms. The van der Waals surface area contributed by atoms with Crippen LogP contribution in [0.5, 0.6) is 0 Å². The number of benzene rings is 1. The number of Topliss-reactive ketones (excluding diaryl/α,β-unsaturated/α-hetero) is 1. The van der Waals surface area contributed by atoms with E-state index in [9.17, 15) is 4.79 Å². The van der Waals surface area contributed by atoms with Crippen molar-refractivity contribution in [1.82, 2.24) is 0 Å². The number of hydrogen-bond donors (Lipinski definition) is 1. The van der Waals surface area contributed by atoms with Crippen LogP contribution in [0.1, 0.15) is 45.6 Å². The topological polar surface area (TPSA) is 43.1 Å². The van der Waals surface area contributed by atoms with Crippen LogP contribution in [0.25, 0.3) is 0 Å². The SMILES string of the molecule is CC(C)(C)C(N)CC(=O)CCCc1ccccc1. The highest BCUT2D eigenvalue weighted by atomic mass is 16.1. The molecule has 0 aliphatic rings. The number of rotatable bonds is 6. The van der Waals surface area contributed by atoms with Crippen molar-refractivity contribution in [2.24, 2.45) is 11.1 Å². The summed E-state index contributed by atoms with van der Waals surface area (Å²) in [7, 11) is 0. The molecule has 0 bridgehead atoms. The van der Waals surface area contributed by atoms with Gasteiger partial charge in [-0.15, -0.1) is 0 Å². The van der Waals surface area contributed by atoms with Crippen LogP contribution < -0.4 is 5.73 Å². The molecule has 1 atom stereocenters. The summed E-state index contributed by atoms with van der Waals surface area (Å²) in [5.74, 6) is 0.286. The minimum Gasteiger partial charge on any atom is -0.327 e. The van der Waals surface area contributed by atoms with Crippen LogP contribution >= 0.6 is 0 Å². The largest absolute Gasteiger partial charge is 0.327 e. The lowest BCUT2D eigenvalue weighted by Crippen LogP contribution is -2.36. The molecule has 0 fully saturated rings. The Hall–Kier alpha value is -1.15. The van der Waals surface area contributed by atoms with E-state index in [1.54, 1.807) is 0 Å². The van der Waals surface area contributed by atoms with Crippen molar-refractivity contribution >= 4 is 5.78 Å². The molecule has 0 saturated heterocycles. The zero-order chi connectivity index (χ0) is 13.6. The van der Waals surface area contributed by atoms with Crippen LogP contribution in [0.4, 0.5) is 0 Å². The summed E-state index contributed by atoms with van der Waals surface area (Å²) in [6, 6.07) is 10.2. The molecule has 0 heterocycles. The van der Waals surface area contributed by atoms with Gasteiger partial charge in [0.05, 0.1) is 0 Å². The van der Waals surface area contributed by atoms with E-state index in [1.165, 1.54) is 5.56 Å². The molecular formula is C16H25NO. The third-order valence-electron chi connectivity index (χ3n) is 3.32. The number of carbonyl (C=O) groups is 1. The van der Waals surface area contributed by atoms with E-state index in [2.05, 4.69) is 32.9 Å². The lowest BCUT2D eigenvalue weighted by atomic mass is 9.84. The van der Waals surface area contributed by atoms with Crippen molar-refractivity contribution in [1.29, 1.82) is 0 Å². The fraction of sp³-hybridized carbons (Fsp3) is 0.562. The molecule has 0 amide bonds. The lowest BCUT2D eigenvalue weighted by Gasteiger charge is -2.26. The Kier molecular flexibility index (Phi) is 5.54. The molecule has 2 nitrogen and oxygen atoms in total. The summed E-state index contributed by atoms with van der Waals surface area (Å²) >= 11 is 0. The van der Waals surface area contributed by atoms with Gasteiger partial charge in [0.25, 0.3) is 0 Å². The highest BCUT2D eigenvalue weighted by Crippen LogP contribution is 2.20. The third-order valence-corrected chi connectivity index (χ3v) is 3.32. The first kappa shape index (κ1) is 14.9. The fourth-order valence-corrected chi connectivity index (χ4v) is 1.79. The van der Waals surface area contributed by atoms with E-state index in [-0.39, 0.29) is 17.2 Å². The highest BCUT2D eigenvalue weighted by Gasteiger charge is 2.22. The summed E-state index contributed by atoms with van der Waals surface area (Å²) in [6.07, 6.45) is 3.02. The maximum Gasteiger partial charge on any atom is 0.134 e. The first-order valence-corrected chi connectivity index (χ1v) is 6.71. The van der Waals surface area contributed by atoms with E-state index < -0.39 is 0 Å². The number of ketones is 1. The number of hydrogen-bond acceptors (Lipinski definition) is 2. The Morgan fingerprint density at radius 1 is 1.22 bits per heavy atom. The highest BCUT2D eigenvalue weighted by molar-refractivity contribution is 5.79. The summed E-state index contributed by atoms with van der Waals surface area (Å²) in [5, 5.41) is 0. The lowest BCUT2D eigenvalue weighted by molar-refractivity contribution is -0.120. The molecule has 2 heteroatoms. The Balaban J connectivity index is 2.26. The Morgan fingerprint density at radius 3 is 2.39 bits per heavy atom. The van der Waals surface area contributed by atoms with E-state index in [1.807, 2.05) is 18.2 Å². The molecule has 0 aliphatic carbocycles. The van der Waals surface area contributed by atoms with Crippen molar-refractivity contribution < 1.29 is 4.79 Å². The standard InChI is InChI=1S/C16H25NO/c1-16(2,3)15(17)12-14(18)11-7-10-13-8-5-4-6-9-13/h4-6,8-9,15H,7,10-12,17H2,1-3H3. The second-order valence-electron chi connectivity index (χ2n) is 6.05. The van der Waals surface area contributed by atoms with Crippen LogP contribution in [0.2, 0.25) is 0 Å². The third kappa shape index (κ3) is 5.46. The van der Waals surface area contributed by atoms with Crippen molar-refractivity contribution in [3.05, 3.63) is 35.9 Å². The number of carbonyl (C=O) groups excluding carboxylic acids is 1. The van der Waals surface area contributed by atoms with Gasteiger partial charge in [-0.1, -0.05) is 51.1 Å². The Morgan fingerprint density at radius 2 is 1.83 bits per heavy atom. The average molecular weight is 247 g/mol. The van der Waals surface area contributed by atoms with E-state index in [4.69, 9.17) is 5.73 Å². The van der Waals surface area contributed by atoms with Gasteiger partial charge in [-0.2, -0.15) is 0 Å². The molecule has 1 unspecified atom stereocenters. The second kappa shape index (κ2) is 6.69.